The fourth-order valence-electron chi connectivity index (χ4n) is 2.68. The summed E-state index contributed by atoms with van der Waals surface area (Å²) in [7, 11) is -3.14. The first kappa shape index (κ1) is 17.4. The third-order valence-electron chi connectivity index (χ3n) is 3.58. The lowest BCUT2D eigenvalue weighted by Gasteiger charge is -2.26. The Hall–Kier alpha value is -0.470. The van der Waals surface area contributed by atoms with Crippen LogP contribution in [-0.2, 0) is 14.6 Å². The van der Waals surface area contributed by atoms with Crippen LogP contribution in [0.25, 0.3) is 0 Å². The maximum absolute atomic E-state index is 11.9. The number of aliphatic imine (C=N–C) groups is 1. The van der Waals surface area contributed by atoms with E-state index in [1.165, 1.54) is 11.8 Å². The van der Waals surface area contributed by atoms with Crippen molar-refractivity contribution in [1.29, 1.82) is 0 Å². The van der Waals surface area contributed by atoms with E-state index in [4.69, 9.17) is 34.8 Å². The normalized spacial score (nSPS) is 27.4. The van der Waals surface area contributed by atoms with Gasteiger partial charge in [0.05, 0.1) is 33.3 Å². The first-order valence-corrected chi connectivity index (χ1v) is 10.6. The molecule has 23 heavy (non-hydrogen) atoms. The molecule has 0 N–H and O–H groups in total. The Morgan fingerprint density at radius 1 is 1.30 bits per heavy atom. The van der Waals surface area contributed by atoms with Crippen molar-refractivity contribution in [1.82, 2.24) is 0 Å². The number of nitrogens with zero attached hydrogens (tertiary/aromatic N) is 2. The Balaban J connectivity index is 2.11. The Kier molecular flexibility index (Phi) is 4.86. The molecule has 2 aliphatic heterocycles. The Morgan fingerprint density at radius 2 is 1.96 bits per heavy atom. The van der Waals surface area contributed by atoms with Crippen LogP contribution < -0.4 is 4.90 Å². The molecule has 0 saturated carbocycles. The van der Waals surface area contributed by atoms with Crippen LogP contribution in [-0.4, -0.2) is 48.2 Å². The molecule has 0 bridgehead atoms. The molecule has 124 valence electrons. The van der Waals surface area contributed by atoms with E-state index in [2.05, 4.69) is 4.99 Å². The monoisotopic (exact) mass is 412 g/mol. The van der Waals surface area contributed by atoms with Crippen molar-refractivity contribution in [2.75, 3.05) is 22.3 Å². The minimum Gasteiger partial charge on any atom is -0.313 e. The minimum absolute atomic E-state index is 0.0275. The van der Waals surface area contributed by atoms with Crippen molar-refractivity contribution >= 4 is 73.2 Å². The molecule has 2 aliphatic rings. The number of thioether (sulfide) groups is 1. The van der Waals surface area contributed by atoms with Crippen LogP contribution in [0, 0.1) is 0 Å². The third-order valence-corrected chi connectivity index (χ3v) is 7.63. The number of anilines is 1. The third kappa shape index (κ3) is 3.35. The molecule has 10 heteroatoms. The fourth-order valence-corrected chi connectivity index (χ4v) is 7.24. The van der Waals surface area contributed by atoms with Crippen molar-refractivity contribution < 1.29 is 13.2 Å². The molecule has 2 fully saturated rings. The van der Waals surface area contributed by atoms with Gasteiger partial charge in [-0.1, -0.05) is 41.0 Å². The van der Waals surface area contributed by atoms with Crippen LogP contribution in [0.5, 0.6) is 0 Å². The minimum atomic E-state index is -3.14. The number of rotatable bonds is 2. The van der Waals surface area contributed by atoms with Crippen molar-refractivity contribution in [3.05, 3.63) is 28.2 Å². The summed E-state index contributed by atoms with van der Waals surface area (Å²) in [6.07, 6.45) is 0. The lowest BCUT2D eigenvalue weighted by atomic mass is 10.2. The van der Waals surface area contributed by atoms with E-state index in [1.54, 1.807) is 23.1 Å². The van der Waals surface area contributed by atoms with E-state index in [0.717, 1.165) is 0 Å². The van der Waals surface area contributed by atoms with Gasteiger partial charge in [-0.05, 0) is 12.1 Å². The van der Waals surface area contributed by atoms with Gasteiger partial charge in [-0.25, -0.2) is 8.42 Å². The number of hydrogen-bond acceptors (Lipinski definition) is 4. The van der Waals surface area contributed by atoms with E-state index in [9.17, 15) is 13.2 Å². The second-order valence-electron chi connectivity index (χ2n) is 5.16. The average molecular weight is 414 g/mol. The number of hydrogen-bond donors (Lipinski definition) is 0. The van der Waals surface area contributed by atoms with Gasteiger partial charge in [0.2, 0.25) is 0 Å². The molecule has 0 radical (unpaired) electrons. The number of halogens is 3. The molecular formula is C13H11Cl3N2O3S2. The summed E-state index contributed by atoms with van der Waals surface area (Å²) in [6.45, 7) is 0. The van der Waals surface area contributed by atoms with E-state index < -0.39 is 15.7 Å². The fraction of sp³-hybridized carbons (Fsp3) is 0.385. The van der Waals surface area contributed by atoms with Gasteiger partial charge in [-0.3, -0.25) is 4.79 Å². The maximum Gasteiger partial charge on any atom is 0.262 e. The highest BCUT2D eigenvalue weighted by Crippen LogP contribution is 2.45. The van der Waals surface area contributed by atoms with Crippen molar-refractivity contribution in [2.24, 2.45) is 4.99 Å². The zero-order valence-electron chi connectivity index (χ0n) is 11.6. The van der Waals surface area contributed by atoms with Crippen LogP contribution in [0.2, 0.25) is 10.0 Å². The number of amidine groups is 1. The number of carbonyl (C=O) groups excluding carboxylic acids is 1. The summed E-state index contributed by atoms with van der Waals surface area (Å²) in [5.74, 6) is -0.734. The summed E-state index contributed by atoms with van der Waals surface area (Å²) in [5.41, 5.74) is 0.467. The number of fused-ring (bicyclic) bond motifs is 1. The Bertz CT molecular complexity index is 777. The molecule has 2 atom stereocenters. The number of sulfone groups is 1. The number of amides is 1. The van der Waals surface area contributed by atoms with Crippen LogP contribution >= 0.6 is 46.6 Å². The van der Waals surface area contributed by atoms with Crippen molar-refractivity contribution in [2.45, 2.75) is 11.3 Å². The lowest BCUT2D eigenvalue weighted by molar-refractivity contribution is -0.115. The molecule has 0 aromatic heterocycles. The van der Waals surface area contributed by atoms with E-state index in [1.807, 2.05) is 0 Å². The average Bonchev–Trinajstić information content (AvgIpc) is 2.91. The van der Waals surface area contributed by atoms with Crippen molar-refractivity contribution in [3.63, 3.8) is 0 Å². The molecule has 5 nitrogen and oxygen atoms in total. The summed E-state index contributed by atoms with van der Waals surface area (Å²) < 4.78 is 23.9. The summed E-state index contributed by atoms with van der Waals surface area (Å²) in [6, 6.07) is 4.65. The molecule has 3 rings (SSSR count). The zero-order chi connectivity index (χ0) is 16.8. The van der Waals surface area contributed by atoms with Crippen LogP contribution in [0.4, 0.5) is 5.69 Å². The number of alkyl halides is 1. The maximum atomic E-state index is 11.9. The van der Waals surface area contributed by atoms with Crippen LogP contribution in [0.1, 0.15) is 0 Å². The molecule has 2 saturated heterocycles. The smallest absolute Gasteiger partial charge is 0.262 e. The Labute approximate surface area is 152 Å². The molecule has 2 heterocycles. The molecule has 1 amide bonds. The van der Waals surface area contributed by atoms with Crippen LogP contribution in [0.3, 0.4) is 0 Å². The topological polar surface area (TPSA) is 66.8 Å². The zero-order valence-corrected chi connectivity index (χ0v) is 15.5. The standard InChI is InChI=1S/C13H11Cl3N2O3S2/c14-4-11(19)17-13-18(12-7(15)2-1-3-8(12)16)9-5-23(20,21)6-10(9)22-13/h1-3,9-10H,4-6H2. The molecule has 1 aromatic rings. The number of para-hydroxylation sites is 1. The summed E-state index contributed by atoms with van der Waals surface area (Å²) in [5, 5.41) is 0.910. The van der Waals surface area contributed by atoms with E-state index >= 15 is 0 Å². The van der Waals surface area contributed by atoms with Gasteiger partial charge in [0, 0.05) is 5.25 Å². The van der Waals surface area contributed by atoms with E-state index in [-0.39, 0.29) is 28.7 Å². The van der Waals surface area contributed by atoms with Gasteiger partial charge >= 0.3 is 0 Å². The van der Waals surface area contributed by atoms with E-state index in [0.29, 0.717) is 20.9 Å². The molecule has 0 aliphatic carbocycles. The quantitative estimate of drug-likeness (QED) is 0.698. The lowest BCUT2D eigenvalue weighted by Crippen LogP contribution is -2.38. The molecule has 0 spiro atoms. The predicted molar refractivity (Wildman–Crippen MR) is 95.9 cm³/mol. The Morgan fingerprint density at radius 3 is 2.57 bits per heavy atom. The second-order valence-corrected chi connectivity index (χ2v) is 9.60. The first-order valence-electron chi connectivity index (χ1n) is 6.60. The van der Waals surface area contributed by atoms with Gasteiger partial charge in [0.15, 0.2) is 15.0 Å². The number of benzene rings is 1. The molecule has 2 unspecified atom stereocenters. The number of carbonyl (C=O) groups is 1. The summed E-state index contributed by atoms with van der Waals surface area (Å²) >= 11 is 19.3. The van der Waals surface area contributed by atoms with Gasteiger partial charge < -0.3 is 4.90 Å². The van der Waals surface area contributed by atoms with Crippen LogP contribution in [0.15, 0.2) is 23.2 Å². The molecule has 1 aromatic carbocycles. The van der Waals surface area contributed by atoms with Gasteiger partial charge in [-0.15, -0.1) is 11.6 Å². The van der Waals surface area contributed by atoms with Crippen molar-refractivity contribution in [3.8, 4) is 0 Å². The largest absolute Gasteiger partial charge is 0.313 e. The summed E-state index contributed by atoms with van der Waals surface area (Å²) in [4.78, 5) is 17.3. The molecular weight excluding hydrogens is 403 g/mol. The highest BCUT2D eigenvalue weighted by atomic mass is 35.5. The van der Waals surface area contributed by atoms with Gasteiger partial charge in [-0.2, -0.15) is 4.99 Å². The van der Waals surface area contributed by atoms with Gasteiger partial charge in [0.1, 0.15) is 5.88 Å². The second kappa shape index (κ2) is 6.44. The predicted octanol–water partition coefficient (Wildman–Crippen LogP) is 2.83. The highest BCUT2D eigenvalue weighted by molar-refractivity contribution is 8.16. The SMILES string of the molecule is O=C(CCl)N=C1SC2CS(=O)(=O)CC2N1c1c(Cl)cccc1Cl. The van der Waals surface area contributed by atoms with Gasteiger partial charge in [0.25, 0.3) is 5.91 Å². The highest BCUT2D eigenvalue weighted by Gasteiger charge is 2.50. The first-order chi connectivity index (χ1) is 10.8.